The number of halogens is 1. The molecule has 0 atom stereocenters. The summed E-state index contributed by atoms with van der Waals surface area (Å²) in [5.41, 5.74) is 7.63. The second-order valence-corrected chi connectivity index (χ2v) is 6.00. The zero-order valence-corrected chi connectivity index (χ0v) is 9.05. The maximum Gasteiger partial charge on any atom is 0.0375 e. The molecule has 0 aromatic rings. The highest BCUT2D eigenvalue weighted by molar-refractivity contribution is 14.2. The lowest BCUT2D eigenvalue weighted by Crippen LogP contribution is -1.91. The molecule has 2 aliphatic rings. The van der Waals surface area contributed by atoms with Crippen LogP contribution in [0.2, 0.25) is 0 Å². The van der Waals surface area contributed by atoms with Crippen molar-refractivity contribution in [3.63, 3.8) is 0 Å². The molecule has 0 aromatic heterocycles. The summed E-state index contributed by atoms with van der Waals surface area (Å²) < 4.78 is 2.87. The van der Waals surface area contributed by atoms with Gasteiger partial charge in [0, 0.05) is 12.7 Å². The summed E-state index contributed by atoms with van der Waals surface area (Å²) >= 11 is 0.0577. The monoisotopic (exact) mass is 268 g/mol. The Kier molecular flexibility index (Phi) is 2.27. The Morgan fingerprint density at radius 1 is 1.25 bits per heavy atom. The van der Waals surface area contributed by atoms with Gasteiger partial charge in [-0.25, -0.2) is 0 Å². The summed E-state index contributed by atoms with van der Waals surface area (Å²) in [5.74, 6) is 0. The highest BCUT2D eigenvalue weighted by atomic mass is 127. The maximum atomic E-state index is 3.19. The van der Waals surface area contributed by atoms with Gasteiger partial charge < -0.3 is 0 Å². The van der Waals surface area contributed by atoms with Crippen molar-refractivity contribution in [2.75, 3.05) is 0 Å². The molecule has 1 heteroatoms. The van der Waals surface area contributed by atoms with E-state index in [1.807, 2.05) is 0 Å². The van der Waals surface area contributed by atoms with Gasteiger partial charge >= 0.3 is 0 Å². The number of hydrogen-bond donors (Lipinski definition) is 0. The molecule has 0 nitrogen and oxygen atoms in total. The van der Waals surface area contributed by atoms with Crippen molar-refractivity contribution >= 4 is 24.2 Å². The van der Waals surface area contributed by atoms with Gasteiger partial charge in [0.25, 0.3) is 0 Å². The molecule has 1 heterocycles. The molecule has 0 saturated heterocycles. The molecular weight excluding hydrogens is 259 g/mol. The predicted octanol–water partition coefficient (Wildman–Crippen LogP) is 3.24. The van der Waals surface area contributed by atoms with Crippen molar-refractivity contribution in [3.05, 3.63) is 44.9 Å². The Morgan fingerprint density at radius 3 is 3.00 bits per heavy atom. The standard InChI is InChI=1S/C11H9I/c1-9-7-8-10-5-3-2-4-6-11(10)12-9/h3-6H,2H2,1H3. The first-order valence-electron chi connectivity index (χ1n) is 3.94. The minimum Gasteiger partial charge on any atom is -0.0797 e. The second-order valence-electron chi connectivity index (χ2n) is 2.68. The normalized spacial score (nSPS) is 19.9. The van der Waals surface area contributed by atoms with Crippen LogP contribution in [0, 0.1) is 0 Å². The maximum absolute atomic E-state index is 3.19. The van der Waals surface area contributed by atoms with Crippen molar-refractivity contribution in [2.24, 2.45) is 0 Å². The number of fused-ring (bicyclic) bond motifs is 1. The molecule has 0 fully saturated rings. The summed E-state index contributed by atoms with van der Waals surface area (Å²) in [6, 6.07) is 0. The molecule has 60 valence electrons. The van der Waals surface area contributed by atoms with Crippen LogP contribution < -0.4 is 0 Å². The Bertz CT molecular complexity index is 393. The van der Waals surface area contributed by atoms with E-state index in [1.54, 1.807) is 0 Å². The third kappa shape index (κ3) is 1.59. The van der Waals surface area contributed by atoms with Crippen LogP contribution in [0.1, 0.15) is 13.3 Å². The van der Waals surface area contributed by atoms with Crippen molar-refractivity contribution in [1.82, 2.24) is 0 Å². The van der Waals surface area contributed by atoms with E-state index in [4.69, 9.17) is 0 Å². The topological polar surface area (TPSA) is 0 Å². The fourth-order valence-electron chi connectivity index (χ4n) is 1.12. The molecular formula is C11H9I. The second kappa shape index (κ2) is 3.40. The molecule has 0 unspecified atom stereocenters. The summed E-state index contributed by atoms with van der Waals surface area (Å²) in [5, 5.41) is 0. The van der Waals surface area contributed by atoms with E-state index in [-0.39, 0.29) is 20.7 Å². The third-order valence-electron chi connectivity index (χ3n) is 1.69. The van der Waals surface area contributed by atoms with Gasteiger partial charge in [-0.2, -0.15) is 0 Å². The van der Waals surface area contributed by atoms with Crippen molar-refractivity contribution < 1.29 is 0 Å². The summed E-state index contributed by atoms with van der Waals surface area (Å²) in [4.78, 5) is 0. The first-order chi connectivity index (χ1) is 5.86. The van der Waals surface area contributed by atoms with E-state index in [1.165, 1.54) is 12.7 Å². The molecule has 0 amide bonds. The Balaban J connectivity index is 2.60. The van der Waals surface area contributed by atoms with Crippen molar-refractivity contribution in [3.8, 4) is 0 Å². The fraction of sp³-hybridized carbons (Fsp3) is 0.182. The molecule has 0 spiro atoms. The van der Waals surface area contributed by atoms with Crippen LogP contribution in [-0.2, 0) is 0 Å². The molecule has 0 radical (unpaired) electrons. The summed E-state index contributed by atoms with van der Waals surface area (Å²) in [7, 11) is 0. The first kappa shape index (κ1) is 8.00. The molecule has 1 aliphatic heterocycles. The van der Waals surface area contributed by atoms with E-state index in [2.05, 4.69) is 42.7 Å². The summed E-state index contributed by atoms with van der Waals surface area (Å²) in [6.45, 7) is 2.15. The van der Waals surface area contributed by atoms with Gasteiger partial charge in [0.1, 0.15) is 0 Å². The minimum absolute atomic E-state index is 0.0577. The molecule has 0 bridgehead atoms. The van der Waals surface area contributed by atoms with Crippen LogP contribution in [0.25, 0.3) is 0 Å². The largest absolute Gasteiger partial charge is 0.0797 e. The lowest BCUT2D eigenvalue weighted by Gasteiger charge is -2.00. The molecule has 2 rings (SSSR count). The fourth-order valence-corrected chi connectivity index (χ4v) is 3.30. The molecule has 12 heavy (non-hydrogen) atoms. The lowest BCUT2D eigenvalue weighted by molar-refractivity contribution is 1.41. The number of allylic oxidation sites excluding steroid dienone is 6. The van der Waals surface area contributed by atoms with Crippen LogP contribution in [0.15, 0.2) is 44.9 Å². The van der Waals surface area contributed by atoms with Crippen molar-refractivity contribution in [2.45, 2.75) is 13.3 Å². The van der Waals surface area contributed by atoms with Gasteiger partial charge in [-0.3, -0.25) is 0 Å². The average molecular weight is 268 g/mol. The molecule has 0 saturated carbocycles. The van der Waals surface area contributed by atoms with Crippen LogP contribution in [0.4, 0.5) is 0 Å². The first-order valence-corrected chi connectivity index (χ1v) is 6.10. The number of hydrogen-bond acceptors (Lipinski definition) is 0. The van der Waals surface area contributed by atoms with E-state index < -0.39 is 0 Å². The smallest absolute Gasteiger partial charge is 0.0375 e. The van der Waals surface area contributed by atoms with Crippen LogP contribution >= 0.6 is 20.7 Å². The van der Waals surface area contributed by atoms with Gasteiger partial charge in [0.2, 0.25) is 0 Å². The van der Waals surface area contributed by atoms with Crippen molar-refractivity contribution in [1.29, 1.82) is 0 Å². The minimum atomic E-state index is 0.0577. The van der Waals surface area contributed by atoms with Crippen LogP contribution in [0.5, 0.6) is 0 Å². The van der Waals surface area contributed by atoms with Crippen LogP contribution in [-0.4, -0.2) is 3.51 Å². The van der Waals surface area contributed by atoms with Gasteiger partial charge in [0.15, 0.2) is 0 Å². The zero-order valence-electron chi connectivity index (χ0n) is 6.89. The lowest BCUT2D eigenvalue weighted by atomic mass is 10.2. The third-order valence-corrected chi connectivity index (χ3v) is 4.29. The van der Waals surface area contributed by atoms with Gasteiger partial charge in [0.05, 0.1) is 0 Å². The van der Waals surface area contributed by atoms with Gasteiger partial charge in [-0.15, -0.1) is 0 Å². The highest BCUT2D eigenvalue weighted by Crippen LogP contribution is 2.23. The van der Waals surface area contributed by atoms with Gasteiger partial charge in [-0.05, 0) is 19.4 Å². The Morgan fingerprint density at radius 2 is 2.08 bits per heavy atom. The molecule has 0 aromatic carbocycles. The van der Waals surface area contributed by atoms with E-state index in [9.17, 15) is 0 Å². The van der Waals surface area contributed by atoms with Gasteiger partial charge in [-0.1, -0.05) is 50.4 Å². The Hall–Kier alpha value is -0.620. The van der Waals surface area contributed by atoms with E-state index in [0.29, 0.717) is 0 Å². The Labute approximate surface area is 82.4 Å². The number of rotatable bonds is 0. The van der Waals surface area contributed by atoms with E-state index in [0.717, 1.165) is 6.42 Å². The molecule has 0 N–H and O–H groups in total. The quantitative estimate of drug-likeness (QED) is 0.467. The zero-order chi connectivity index (χ0) is 8.39. The van der Waals surface area contributed by atoms with Crippen LogP contribution in [0.3, 0.4) is 0 Å². The van der Waals surface area contributed by atoms with E-state index >= 15 is 0 Å². The molecule has 1 aliphatic carbocycles. The predicted molar refractivity (Wildman–Crippen MR) is 61.7 cm³/mol. The average Bonchev–Trinajstić information content (AvgIpc) is 2.28. The highest BCUT2D eigenvalue weighted by Gasteiger charge is 2.03. The summed E-state index contributed by atoms with van der Waals surface area (Å²) in [6.07, 6.45) is 9.86. The SMILES string of the molecule is CC1=C=C=C2C=CCC=CC2=I1.